The number of amides is 2. The molecule has 0 aromatic heterocycles. The van der Waals surface area contributed by atoms with Crippen LogP contribution in [0.15, 0.2) is 18.2 Å². The maximum atomic E-state index is 12.1. The first-order valence-corrected chi connectivity index (χ1v) is 7.45. The van der Waals surface area contributed by atoms with E-state index in [2.05, 4.69) is 10.6 Å². The van der Waals surface area contributed by atoms with E-state index in [0.717, 1.165) is 6.42 Å². The molecule has 124 valence electrons. The van der Waals surface area contributed by atoms with Gasteiger partial charge in [0.15, 0.2) is 12.4 Å². The number of carbonyl (C=O) groups is 3. The highest BCUT2D eigenvalue weighted by Gasteiger charge is 2.18. The lowest BCUT2D eigenvalue weighted by molar-refractivity contribution is -0.121. The van der Waals surface area contributed by atoms with Crippen molar-refractivity contribution in [3.8, 4) is 5.75 Å². The van der Waals surface area contributed by atoms with E-state index >= 15 is 0 Å². The molecule has 2 rings (SSSR count). The predicted molar refractivity (Wildman–Crippen MR) is 83.6 cm³/mol. The Balaban J connectivity index is 1.83. The highest BCUT2D eigenvalue weighted by molar-refractivity contribution is 6.01. The van der Waals surface area contributed by atoms with E-state index in [4.69, 9.17) is 9.47 Å². The summed E-state index contributed by atoms with van der Waals surface area (Å²) in [5, 5.41) is 5.38. The number of methoxy groups -OCH3 is 1. The summed E-state index contributed by atoms with van der Waals surface area (Å²) in [6, 6.07) is 4.85. The van der Waals surface area contributed by atoms with Crippen molar-refractivity contribution in [2.75, 3.05) is 32.2 Å². The number of hydrogen-bond donors (Lipinski definition) is 2. The fourth-order valence-electron chi connectivity index (χ4n) is 2.16. The SMILES string of the molecule is COCCCNC(=O)CCC(=O)c1ccc2c(c1)NC(=O)CO2. The third kappa shape index (κ3) is 5.07. The predicted octanol–water partition coefficient (Wildman–Crippen LogP) is 1.13. The standard InChI is InChI=1S/C16H20N2O5/c1-22-8-2-7-17-15(20)6-4-13(19)11-3-5-14-12(9-11)18-16(21)10-23-14/h3,5,9H,2,4,6-8,10H2,1H3,(H,17,20)(H,18,21). The number of anilines is 1. The molecule has 0 unspecified atom stereocenters. The van der Waals surface area contributed by atoms with Crippen molar-refractivity contribution in [2.45, 2.75) is 19.3 Å². The van der Waals surface area contributed by atoms with Crippen LogP contribution in [0.1, 0.15) is 29.6 Å². The maximum absolute atomic E-state index is 12.1. The summed E-state index contributed by atoms with van der Waals surface area (Å²) in [4.78, 5) is 35.1. The molecule has 1 aliphatic heterocycles. The molecule has 0 aliphatic carbocycles. The highest BCUT2D eigenvalue weighted by atomic mass is 16.5. The number of fused-ring (bicyclic) bond motifs is 1. The number of hydrogen-bond acceptors (Lipinski definition) is 5. The molecular weight excluding hydrogens is 300 g/mol. The second kappa shape index (κ2) is 8.28. The van der Waals surface area contributed by atoms with Gasteiger partial charge in [-0.05, 0) is 24.6 Å². The molecule has 0 saturated heterocycles. The minimum Gasteiger partial charge on any atom is -0.482 e. The Morgan fingerprint density at radius 3 is 2.96 bits per heavy atom. The van der Waals surface area contributed by atoms with Crippen LogP contribution in [0.2, 0.25) is 0 Å². The molecule has 1 heterocycles. The first-order chi connectivity index (χ1) is 11.1. The largest absolute Gasteiger partial charge is 0.482 e. The Hall–Kier alpha value is -2.41. The number of ketones is 1. The van der Waals surface area contributed by atoms with Gasteiger partial charge in [0.25, 0.3) is 5.91 Å². The van der Waals surface area contributed by atoms with E-state index in [0.29, 0.717) is 30.2 Å². The van der Waals surface area contributed by atoms with E-state index in [1.54, 1.807) is 25.3 Å². The number of nitrogens with one attached hydrogen (secondary N) is 2. The lowest BCUT2D eigenvalue weighted by Crippen LogP contribution is -2.26. The zero-order valence-corrected chi connectivity index (χ0v) is 13.0. The summed E-state index contributed by atoms with van der Waals surface area (Å²) in [5.41, 5.74) is 0.929. The van der Waals surface area contributed by atoms with Crippen molar-refractivity contribution >= 4 is 23.3 Å². The molecule has 0 radical (unpaired) electrons. The summed E-state index contributed by atoms with van der Waals surface area (Å²) in [6.07, 6.45) is 0.982. The van der Waals surface area contributed by atoms with Crippen LogP contribution < -0.4 is 15.4 Å². The van der Waals surface area contributed by atoms with Gasteiger partial charge in [-0.1, -0.05) is 0 Å². The van der Waals surface area contributed by atoms with Crippen LogP contribution in [0.5, 0.6) is 5.75 Å². The molecule has 1 aromatic carbocycles. The maximum Gasteiger partial charge on any atom is 0.262 e. The summed E-state index contributed by atoms with van der Waals surface area (Å²) in [7, 11) is 1.60. The molecule has 0 fully saturated rings. The molecule has 1 aromatic rings. The summed E-state index contributed by atoms with van der Waals surface area (Å²) >= 11 is 0. The fraction of sp³-hybridized carbons (Fsp3) is 0.438. The summed E-state index contributed by atoms with van der Waals surface area (Å²) in [5.74, 6) is -0.0294. The van der Waals surface area contributed by atoms with Crippen LogP contribution in [0.25, 0.3) is 0 Å². The smallest absolute Gasteiger partial charge is 0.262 e. The van der Waals surface area contributed by atoms with Crippen molar-refractivity contribution < 1.29 is 23.9 Å². The van der Waals surface area contributed by atoms with Crippen LogP contribution >= 0.6 is 0 Å². The molecule has 7 nitrogen and oxygen atoms in total. The van der Waals surface area contributed by atoms with E-state index < -0.39 is 0 Å². The van der Waals surface area contributed by atoms with Gasteiger partial charge in [0.2, 0.25) is 5.91 Å². The van der Waals surface area contributed by atoms with Crippen molar-refractivity contribution in [3.05, 3.63) is 23.8 Å². The van der Waals surface area contributed by atoms with E-state index in [1.165, 1.54) is 0 Å². The summed E-state index contributed by atoms with van der Waals surface area (Å²) in [6.45, 7) is 1.09. The zero-order valence-electron chi connectivity index (χ0n) is 13.0. The second-order valence-electron chi connectivity index (χ2n) is 5.17. The van der Waals surface area contributed by atoms with Gasteiger partial charge >= 0.3 is 0 Å². The third-order valence-electron chi connectivity index (χ3n) is 3.36. The van der Waals surface area contributed by atoms with Crippen molar-refractivity contribution in [3.63, 3.8) is 0 Å². The van der Waals surface area contributed by atoms with Crippen LogP contribution in [-0.2, 0) is 14.3 Å². The Morgan fingerprint density at radius 1 is 1.35 bits per heavy atom. The Morgan fingerprint density at radius 2 is 2.17 bits per heavy atom. The average Bonchev–Trinajstić information content (AvgIpc) is 2.55. The van der Waals surface area contributed by atoms with E-state index in [1.807, 2.05) is 0 Å². The Kier molecular flexibility index (Phi) is 6.10. The average molecular weight is 320 g/mol. The lowest BCUT2D eigenvalue weighted by Gasteiger charge is -2.18. The van der Waals surface area contributed by atoms with Gasteiger partial charge in [-0.2, -0.15) is 0 Å². The second-order valence-corrected chi connectivity index (χ2v) is 5.17. The first kappa shape index (κ1) is 17.0. The van der Waals surface area contributed by atoms with E-state index in [-0.39, 0.29) is 37.0 Å². The van der Waals surface area contributed by atoms with E-state index in [9.17, 15) is 14.4 Å². The molecule has 23 heavy (non-hydrogen) atoms. The monoisotopic (exact) mass is 320 g/mol. The van der Waals surface area contributed by atoms with Gasteiger partial charge in [0.05, 0.1) is 5.69 Å². The lowest BCUT2D eigenvalue weighted by atomic mass is 10.0. The number of rotatable bonds is 8. The van der Waals surface area contributed by atoms with Crippen molar-refractivity contribution in [1.29, 1.82) is 0 Å². The molecule has 7 heteroatoms. The quantitative estimate of drug-likeness (QED) is 0.553. The van der Waals surface area contributed by atoms with Crippen LogP contribution in [0.4, 0.5) is 5.69 Å². The molecule has 0 spiro atoms. The minimum absolute atomic E-state index is 0.0243. The number of carbonyl (C=O) groups excluding carboxylic acids is 3. The molecule has 0 bridgehead atoms. The fourth-order valence-corrected chi connectivity index (χ4v) is 2.16. The molecule has 2 N–H and O–H groups in total. The van der Waals surface area contributed by atoms with Crippen LogP contribution in [-0.4, -0.2) is 44.5 Å². The van der Waals surface area contributed by atoms with Gasteiger partial charge in [0.1, 0.15) is 5.75 Å². The summed E-state index contributed by atoms with van der Waals surface area (Å²) < 4.78 is 10.1. The molecule has 2 amide bonds. The molecule has 0 atom stereocenters. The Bertz CT molecular complexity index is 600. The van der Waals surface area contributed by atoms with Gasteiger partial charge < -0.3 is 20.1 Å². The molecule has 0 saturated carbocycles. The minimum atomic E-state index is -0.252. The van der Waals surface area contributed by atoms with Gasteiger partial charge in [-0.15, -0.1) is 0 Å². The van der Waals surface area contributed by atoms with Gasteiger partial charge in [-0.25, -0.2) is 0 Å². The number of benzene rings is 1. The highest BCUT2D eigenvalue weighted by Crippen LogP contribution is 2.28. The van der Waals surface area contributed by atoms with Crippen LogP contribution in [0.3, 0.4) is 0 Å². The number of ether oxygens (including phenoxy) is 2. The first-order valence-electron chi connectivity index (χ1n) is 7.45. The van der Waals surface area contributed by atoms with Gasteiger partial charge in [0, 0.05) is 38.7 Å². The van der Waals surface area contributed by atoms with Crippen molar-refractivity contribution in [2.24, 2.45) is 0 Å². The Labute approximate surface area is 134 Å². The third-order valence-corrected chi connectivity index (χ3v) is 3.36. The molecule has 1 aliphatic rings. The number of Topliss-reactive ketones (excluding diaryl/α,β-unsaturated/α-hetero) is 1. The molecular formula is C16H20N2O5. The topological polar surface area (TPSA) is 93.7 Å². The van der Waals surface area contributed by atoms with Crippen molar-refractivity contribution in [1.82, 2.24) is 5.32 Å². The van der Waals surface area contributed by atoms with Gasteiger partial charge in [-0.3, -0.25) is 14.4 Å². The normalized spacial score (nSPS) is 12.8. The zero-order chi connectivity index (χ0) is 16.7. The van der Waals surface area contributed by atoms with Crippen LogP contribution in [0, 0.1) is 0 Å².